The molecule has 0 saturated carbocycles. The van der Waals surface area contributed by atoms with E-state index < -0.39 is 0 Å². The minimum Gasteiger partial charge on any atom is -0.343 e. The highest BCUT2D eigenvalue weighted by Gasteiger charge is 2.15. The van der Waals surface area contributed by atoms with Gasteiger partial charge in [0.1, 0.15) is 0 Å². The van der Waals surface area contributed by atoms with Crippen LogP contribution < -0.4 is 10.6 Å². The van der Waals surface area contributed by atoms with Gasteiger partial charge in [-0.2, -0.15) is 0 Å². The molecule has 0 unspecified atom stereocenters. The van der Waals surface area contributed by atoms with Gasteiger partial charge in [-0.15, -0.1) is 11.3 Å². The molecule has 2 N–H and O–H groups in total. The van der Waals surface area contributed by atoms with Gasteiger partial charge in [-0.05, 0) is 30.7 Å². The van der Waals surface area contributed by atoms with Gasteiger partial charge in [-0.1, -0.05) is 0 Å². The number of carbonyl (C=O) groups is 2. The topological polar surface area (TPSA) is 61.4 Å². The average molecular weight is 309 g/mol. The van der Waals surface area contributed by atoms with Crippen LogP contribution in [0.5, 0.6) is 0 Å². The summed E-state index contributed by atoms with van der Waals surface area (Å²) < 4.78 is 0. The molecule has 2 heterocycles. The Labute approximate surface area is 129 Å². The summed E-state index contributed by atoms with van der Waals surface area (Å²) in [5.41, 5.74) is 0.863. The fraction of sp³-hybridized carbons (Fsp3) is 0.600. The summed E-state index contributed by atoms with van der Waals surface area (Å²) in [6.45, 7) is 4.69. The highest BCUT2D eigenvalue weighted by atomic mass is 32.1. The van der Waals surface area contributed by atoms with E-state index in [0.29, 0.717) is 19.5 Å². The molecule has 6 heteroatoms. The Morgan fingerprint density at radius 2 is 2.05 bits per heavy atom. The van der Waals surface area contributed by atoms with Crippen molar-refractivity contribution in [3.8, 4) is 0 Å². The van der Waals surface area contributed by atoms with Crippen molar-refractivity contribution in [1.82, 2.24) is 10.2 Å². The summed E-state index contributed by atoms with van der Waals surface area (Å²) >= 11 is 1.61. The van der Waals surface area contributed by atoms with Crippen LogP contribution in [0.25, 0.3) is 0 Å². The third kappa shape index (κ3) is 5.13. The van der Waals surface area contributed by atoms with Crippen molar-refractivity contribution in [2.24, 2.45) is 0 Å². The number of thiophene rings is 1. The molecule has 116 valence electrons. The molecular weight excluding hydrogens is 286 g/mol. The molecule has 0 atom stereocenters. The van der Waals surface area contributed by atoms with Gasteiger partial charge in [0.2, 0.25) is 11.8 Å². The van der Waals surface area contributed by atoms with Crippen molar-refractivity contribution in [1.29, 1.82) is 0 Å². The quantitative estimate of drug-likeness (QED) is 0.792. The highest BCUT2D eigenvalue weighted by Crippen LogP contribution is 2.21. The smallest absolute Gasteiger partial charge is 0.223 e. The minimum absolute atomic E-state index is 0.0603. The summed E-state index contributed by atoms with van der Waals surface area (Å²) in [7, 11) is 0. The number of carbonyl (C=O) groups excluding carboxylic acids is 2. The lowest BCUT2D eigenvalue weighted by Gasteiger charge is -2.26. The second kappa shape index (κ2) is 8.14. The van der Waals surface area contributed by atoms with E-state index in [1.54, 1.807) is 11.3 Å². The van der Waals surface area contributed by atoms with Crippen molar-refractivity contribution >= 4 is 28.8 Å². The predicted molar refractivity (Wildman–Crippen MR) is 85.4 cm³/mol. The maximum atomic E-state index is 12.0. The van der Waals surface area contributed by atoms with Crippen molar-refractivity contribution in [3.63, 3.8) is 0 Å². The maximum Gasteiger partial charge on any atom is 0.223 e. The first-order valence-corrected chi connectivity index (χ1v) is 8.37. The molecular formula is C15H23N3O2S. The Hall–Kier alpha value is -1.40. The van der Waals surface area contributed by atoms with E-state index in [1.807, 2.05) is 16.3 Å². The van der Waals surface area contributed by atoms with Crippen molar-refractivity contribution < 1.29 is 9.59 Å². The first kappa shape index (κ1) is 16.0. The van der Waals surface area contributed by atoms with E-state index >= 15 is 0 Å². The van der Waals surface area contributed by atoms with Crippen molar-refractivity contribution in [2.45, 2.75) is 39.2 Å². The molecule has 0 bridgehead atoms. The summed E-state index contributed by atoms with van der Waals surface area (Å²) in [6.07, 6.45) is 4.05. The number of nitrogens with one attached hydrogen (secondary N) is 2. The average Bonchev–Trinajstić information content (AvgIpc) is 2.91. The number of nitrogens with zero attached hydrogens (tertiary/aromatic N) is 1. The van der Waals surface area contributed by atoms with Crippen LogP contribution in [0.15, 0.2) is 11.4 Å². The second-order valence-corrected chi connectivity index (χ2v) is 6.31. The maximum absolute atomic E-state index is 12.0. The van der Waals surface area contributed by atoms with E-state index in [1.165, 1.54) is 13.3 Å². The van der Waals surface area contributed by atoms with E-state index in [4.69, 9.17) is 0 Å². The lowest BCUT2D eigenvalue weighted by Crippen LogP contribution is -2.37. The van der Waals surface area contributed by atoms with E-state index in [0.717, 1.165) is 36.5 Å². The zero-order chi connectivity index (χ0) is 15.1. The molecule has 0 spiro atoms. The number of likely N-dealkylation sites (tertiary alicyclic amines) is 1. The zero-order valence-electron chi connectivity index (χ0n) is 12.5. The van der Waals surface area contributed by atoms with Crippen LogP contribution in [0.3, 0.4) is 0 Å². The fourth-order valence-electron chi connectivity index (χ4n) is 2.48. The summed E-state index contributed by atoms with van der Waals surface area (Å²) in [5, 5.41) is 8.05. The number of piperidine rings is 1. The van der Waals surface area contributed by atoms with Gasteiger partial charge in [0.15, 0.2) is 0 Å². The number of hydrogen-bond donors (Lipinski definition) is 2. The third-order valence-electron chi connectivity index (χ3n) is 3.57. The lowest BCUT2D eigenvalue weighted by molar-refractivity contribution is -0.132. The second-order valence-electron chi connectivity index (χ2n) is 5.31. The minimum atomic E-state index is -0.0603. The van der Waals surface area contributed by atoms with Crippen LogP contribution in [-0.4, -0.2) is 36.3 Å². The first-order valence-electron chi connectivity index (χ1n) is 7.49. The van der Waals surface area contributed by atoms with Crippen LogP contribution in [0.2, 0.25) is 0 Å². The predicted octanol–water partition coefficient (Wildman–Crippen LogP) is 2.20. The van der Waals surface area contributed by atoms with Crippen LogP contribution >= 0.6 is 11.3 Å². The molecule has 1 saturated heterocycles. The molecule has 0 radical (unpaired) electrons. The Balaban J connectivity index is 1.68. The largest absolute Gasteiger partial charge is 0.343 e. The Morgan fingerprint density at radius 1 is 1.29 bits per heavy atom. The molecule has 2 rings (SSSR count). The van der Waals surface area contributed by atoms with E-state index in [-0.39, 0.29) is 11.8 Å². The molecule has 1 aliphatic rings. The van der Waals surface area contributed by atoms with Crippen molar-refractivity contribution in [2.75, 3.05) is 25.0 Å². The van der Waals surface area contributed by atoms with E-state index in [2.05, 4.69) is 10.6 Å². The van der Waals surface area contributed by atoms with Gasteiger partial charge in [0.05, 0.1) is 5.69 Å². The van der Waals surface area contributed by atoms with Gasteiger partial charge >= 0.3 is 0 Å². The first-order chi connectivity index (χ1) is 10.2. The van der Waals surface area contributed by atoms with Crippen LogP contribution in [0.4, 0.5) is 5.69 Å². The molecule has 1 aromatic heterocycles. The molecule has 2 amide bonds. The van der Waals surface area contributed by atoms with E-state index in [9.17, 15) is 9.59 Å². The van der Waals surface area contributed by atoms with Gasteiger partial charge in [-0.25, -0.2) is 0 Å². The monoisotopic (exact) mass is 309 g/mol. The summed E-state index contributed by atoms with van der Waals surface area (Å²) in [6, 6.07) is 1.90. The molecule has 1 aromatic rings. The number of anilines is 1. The fourth-order valence-corrected chi connectivity index (χ4v) is 3.28. The van der Waals surface area contributed by atoms with Gasteiger partial charge in [-0.3, -0.25) is 9.59 Å². The highest BCUT2D eigenvalue weighted by molar-refractivity contribution is 7.10. The lowest BCUT2D eigenvalue weighted by atomic mass is 10.1. The van der Waals surface area contributed by atoms with Crippen molar-refractivity contribution in [3.05, 3.63) is 16.3 Å². The Morgan fingerprint density at radius 3 is 2.76 bits per heavy atom. The molecule has 0 aliphatic carbocycles. The molecule has 0 aromatic carbocycles. The van der Waals surface area contributed by atoms with Gasteiger partial charge < -0.3 is 15.5 Å². The number of rotatable bonds is 6. The standard InChI is InChI=1S/C15H23N3O2S/c1-12(19)17-13-6-10-21-14(13)11-16-7-5-15(20)18-8-3-2-4-9-18/h6,10,16H,2-5,7-9,11H2,1H3,(H,17,19). The van der Waals surface area contributed by atoms with Crippen LogP contribution in [-0.2, 0) is 16.1 Å². The van der Waals surface area contributed by atoms with Gasteiger partial charge in [0.25, 0.3) is 0 Å². The van der Waals surface area contributed by atoms with Crippen LogP contribution in [0, 0.1) is 0 Å². The third-order valence-corrected chi connectivity index (χ3v) is 4.49. The number of amides is 2. The molecule has 21 heavy (non-hydrogen) atoms. The number of hydrogen-bond acceptors (Lipinski definition) is 4. The summed E-state index contributed by atoms with van der Waals surface area (Å²) in [5.74, 6) is 0.186. The van der Waals surface area contributed by atoms with Crippen LogP contribution in [0.1, 0.15) is 37.5 Å². The molecule has 5 nitrogen and oxygen atoms in total. The zero-order valence-corrected chi connectivity index (χ0v) is 13.3. The Kier molecular flexibility index (Phi) is 6.20. The summed E-state index contributed by atoms with van der Waals surface area (Å²) in [4.78, 5) is 26.1. The van der Waals surface area contributed by atoms with Gasteiger partial charge in [0, 0.05) is 44.4 Å². The Bertz CT molecular complexity index is 481. The molecule has 1 aliphatic heterocycles. The molecule has 1 fully saturated rings. The normalized spacial score (nSPS) is 15.0. The SMILES string of the molecule is CC(=O)Nc1ccsc1CNCCC(=O)N1CCCCC1.